The maximum atomic E-state index is 12.3. The highest BCUT2D eigenvalue weighted by atomic mass is 79.9. The van der Waals surface area contributed by atoms with Gasteiger partial charge < -0.3 is 25.3 Å². The van der Waals surface area contributed by atoms with E-state index in [2.05, 4.69) is 31.9 Å². The van der Waals surface area contributed by atoms with Gasteiger partial charge in [0.25, 0.3) is 5.91 Å². The molecule has 4 amide bonds. The SMILES string of the molecule is O=C(NC1CCCCC1)NC1CCN(C(=O)CNC(=O)c2ccc(Br)o2)CC1. The third-order valence-corrected chi connectivity index (χ3v) is 5.75. The van der Waals surface area contributed by atoms with Crippen LogP contribution in [0.1, 0.15) is 55.5 Å². The Bertz CT molecular complexity index is 694. The van der Waals surface area contributed by atoms with Crippen LogP contribution in [0.4, 0.5) is 4.79 Å². The van der Waals surface area contributed by atoms with Crippen molar-refractivity contribution >= 4 is 33.8 Å². The van der Waals surface area contributed by atoms with Crippen LogP contribution in [-0.4, -0.2) is 54.5 Å². The molecule has 1 saturated heterocycles. The molecule has 0 aromatic carbocycles. The minimum absolute atomic E-state index is 0.0719. The number of carbonyl (C=O) groups excluding carboxylic acids is 3. The Hall–Kier alpha value is -2.03. The first-order chi connectivity index (χ1) is 13.5. The van der Waals surface area contributed by atoms with Crippen LogP contribution in [0.15, 0.2) is 21.2 Å². The molecular formula is C19H27BrN4O4. The summed E-state index contributed by atoms with van der Waals surface area (Å²) < 4.78 is 5.63. The van der Waals surface area contributed by atoms with E-state index in [1.165, 1.54) is 19.3 Å². The molecule has 0 radical (unpaired) electrons. The van der Waals surface area contributed by atoms with Gasteiger partial charge in [0.1, 0.15) is 0 Å². The molecule has 9 heteroatoms. The standard InChI is InChI=1S/C19H27BrN4O4/c20-16-7-6-15(28-16)18(26)21-12-17(25)24-10-8-14(9-11-24)23-19(27)22-13-4-2-1-3-5-13/h6-7,13-14H,1-5,8-12H2,(H,21,26)(H2,22,23,27). The summed E-state index contributed by atoms with van der Waals surface area (Å²) in [6, 6.07) is 3.42. The number of rotatable bonds is 5. The van der Waals surface area contributed by atoms with Crippen molar-refractivity contribution in [2.75, 3.05) is 19.6 Å². The van der Waals surface area contributed by atoms with Crippen LogP contribution in [0.5, 0.6) is 0 Å². The van der Waals surface area contributed by atoms with Gasteiger partial charge in [0.15, 0.2) is 10.4 Å². The number of halogens is 1. The lowest BCUT2D eigenvalue weighted by molar-refractivity contribution is -0.131. The lowest BCUT2D eigenvalue weighted by Gasteiger charge is -2.33. The van der Waals surface area contributed by atoms with Gasteiger partial charge in [0.05, 0.1) is 6.54 Å². The molecule has 1 aromatic heterocycles. The number of hydrogen-bond donors (Lipinski definition) is 3. The molecule has 0 atom stereocenters. The number of piperidine rings is 1. The molecule has 1 aromatic rings. The maximum Gasteiger partial charge on any atom is 0.315 e. The minimum atomic E-state index is -0.421. The van der Waals surface area contributed by atoms with E-state index >= 15 is 0 Å². The smallest absolute Gasteiger partial charge is 0.315 e. The van der Waals surface area contributed by atoms with Gasteiger partial charge in [0.2, 0.25) is 5.91 Å². The number of amides is 4. The Morgan fingerprint density at radius 1 is 1.00 bits per heavy atom. The minimum Gasteiger partial charge on any atom is -0.444 e. The molecule has 3 N–H and O–H groups in total. The molecule has 1 saturated carbocycles. The molecule has 0 bridgehead atoms. The second-order valence-electron chi connectivity index (χ2n) is 7.39. The zero-order chi connectivity index (χ0) is 19.9. The summed E-state index contributed by atoms with van der Waals surface area (Å²) in [6.45, 7) is 1.06. The van der Waals surface area contributed by atoms with Crippen LogP contribution >= 0.6 is 15.9 Å². The fourth-order valence-electron chi connectivity index (χ4n) is 3.72. The van der Waals surface area contributed by atoms with Crippen LogP contribution in [-0.2, 0) is 4.79 Å². The molecule has 8 nitrogen and oxygen atoms in total. The Balaban J connectivity index is 1.34. The zero-order valence-corrected chi connectivity index (χ0v) is 17.4. The van der Waals surface area contributed by atoms with Crippen LogP contribution < -0.4 is 16.0 Å². The van der Waals surface area contributed by atoms with Crippen molar-refractivity contribution in [1.29, 1.82) is 0 Å². The number of carbonyl (C=O) groups is 3. The quantitative estimate of drug-likeness (QED) is 0.635. The Labute approximate surface area is 172 Å². The van der Waals surface area contributed by atoms with Gasteiger partial charge in [-0.2, -0.15) is 0 Å². The molecule has 1 aliphatic carbocycles. The number of furan rings is 1. The third-order valence-electron chi connectivity index (χ3n) is 5.32. The van der Waals surface area contributed by atoms with Crippen molar-refractivity contribution in [3.05, 3.63) is 22.6 Å². The van der Waals surface area contributed by atoms with Crippen molar-refractivity contribution in [2.45, 2.75) is 57.0 Å². The average molecular weight is 455 g/mol. The van der Waals surface area contributed by atoms with E-state index in [1.54, 1.807) is 17.0 Å². The summed E-state index contributed by atoms with van der Waals surface area (Å²) in [5, 5.41) is 8.66. The molecule has 2 fully saturated rings. The summed E-state index contributed by atoms with van der Waals surface area (Å²) in [5.74, 6) is -0.398. The average Bonchev–Trinajstić information content (AvgIpc) is 3.13. The van der Waals surface area contributed by atoms with E-state index in [-0.39, 0.29) is 36.3 Å². The summed E-state index contributed by atoms with van der Waals surface area (Å²) in [4.78, 5) is 38.1. The summed E-state index contributed by atoms with van der Waals surface area (Å²) in [5.41, 5.74) is 0. The molecule has 1 aliphatic heterocycles. The second kappa shape index (κ2) is 9.95. The van der Waals surface area contributed by atoms with Crippen LogP contribution in [0, 0.1) is 0 Å². The first-order valence-corrected chi connectivity index (χ1v) is 10.7. The molecule has 3 rings (SSSR count). The van der Waals surface area contributed by atoms with Gasteiger partial charge in [-0.3, -0.25) is 9.59 Å². The van der Waals surface area contributed by atoms with Crippen molar-refractivity contribution in [2.24, 2.45) is 0 Å². The molecule has 154 valence electrons. The largest absolute Gasteiger partial charge is 0.444 e. The van der Waals surface area contributed by atoms with Gasteiger partial charge in [-0.1, -0.05) is 19.3 Å². The molecule has 0 unspecified atom stereocenters. The molecule has 28 heavy (non-hydrogen) atoms. The lowest BCUT2D eigenvalue weighted by atomic mass is 9.96. The number of urea groups is 1. The van der Waals surface area contributed by atoms with Crippen molar-refractivity contribution in [3.8, 4) is 0 Å². The topological polar surface area (TPSA) is 104 Å². The zero-order valence-electron chi connectivity index (χ0n) is 15.8. The fourth-order valence-corrected chi connectivity index (χ4v) is 4.03. The van der Waals surface area contributed by atoms with Gasteiger partial charge >= 0.3 is 6.03 Å². The lowest BCUT2D eigenvalue weighted by Crippen LogP contribution is -2.52. The highest BCUT2D eigenvalue weighted by Crippen LogP contribution is 2.17. The Morgan fingerprint density at radius 3 is 2.25 bits per heavy atom. The normalized spacial score (nSPS) is 18.5. The summed E-state index contributed by atoms with van der Waals surface area (Å²) >= 11 is 3.14. The third kappa shape index (κ3) is 5.98. The van der Waals surface area contributed by atoms with E-state index in [1.807, 2.05) is 0 Å². The van der Waals surface area contributed by atoms with Crippen LogP contribution in [0.25, 0.3) is 0 Å². The van der Waals surface area contributed by atoms with E-state index in [4.69, 9.17) is 4.42 Å². The van der Waals surface area contributed by atoms with Gasteiger partial charge in [-0.25, -0.2) is 4.79 Å². The fraction of sp³-hybridized carbons (Fsp3) is 0.632. The summed E-state index contributed by atoms with van der Waals surface area (Å²) in [6.07, 6.45) is 7.15. The molecule has 2 aliphatic rings. The number of likely N-dealkylation sites (tertiary alicyclic amines) is 1. The van der Waals surface area contributed by atoms with Crippen LogP contribution in [0.2, 0.25) is 0 Å². The van der Waals surface area contributed by atoms with Crippen molar-refractivity contribution in [1.82, 2.24) is 20.9 Å². The van der Waals surface area contributed by atoms with Crippen LogP contribution in [0.3, 0.4) is 0 Å². The van der Waals surface area contributed by atoms with Crippen molar-refractivity contribution in [3.63, 3.8) is 0 Å². The highest BCUT2D eigenvalue weighted by Gasteiger charge is 2.25. The van der Waals surface area contributed by atoms with E-state index < -0.39 is 5.91 Å². The predicted molar refractivity (Wildman–Crippen MR) is 107 cm³/mol. The molecule has 0 spiro atoms. The summed E-state index contributed by atoms with van der Waals surface area (Å²) in [7, 11) is 0. The first kappa shape index (κ1) is 20.7. The maximum absolute atomic E-state index is 12.3. The van der Waals surface area contributed by atoms with Gasteiger partial charge in [0, 0.05) is 25.2 Å². The Kier molecular flexibility index (Phi) is 7.36. The number of nitrogens with zero attached hydrogens (tertiary/aromatic N) is 1. The molecule has 2 heterocycles. The number of hydrogen-bond acceptors (Lipinski definition) is 4. The van der Waals surface area contributed by atoms with Gasteiger partial charge in [-0.15, -0.1) is 0 Å². The van der Waals surface area contributed by atoms with E-state index in [9.17, 15) is 14.4 Å². The predicted octanol–water partition coefficient (Wildman–Crippen LogP) is 2.39. The second-order valence-corrected chi connectivity index (χ2v) is 8.18. The van der Waals surface area contributed by atoms with E-state index in [0.717, 1.165) is 12.8 Å². The highest BCUT2D eigenvalue weighted by molar-refractivity contribution is 9.10. The molecular weight excluding hydrogens is 428 g/mol. The monoisotopic (exact) mass is 454 g/mol. The van der Waals surface area contributed by atoms with Gasteiger partial charge in [-0.05, 0) is 53.7 Å². The first-order valence-electron chi connectivity index (χ1n) is 9.89. The van der Waals surface area contributed by atoms with Crippen molar-refractivity contribution < 1.29 is 18.8 Å². The Morgan fingerprint density at radius 2 is 1.64 bits per heavy atom. The van der Waals surface area contributed by atoms with E-state index in [0.29, 0.717) is 30.6 Å². The number of nitrogens with one attached hydrogen (secondary N) is 3.